The lowest BCUT2D eigenvalue weighted by molar-refractivity contribution is 1.28. The van der Waals surface area contributed by atoms with Gasteiger partial charge in [-0.1, -0.05) is 17.7 Å². The van der Waals surface area contributed by atoms with Crippen molar-refractivity contribution in [1.29, 1.82) is 0 Å². The van der Waals surface area contributed by atoms with E-state index in [1.807, 2.05) is 49.4 Å². The lowest BCUT2D eigenvalue weighted by Gasteiger charge is -1.99. The lowest BCUT2D eigenvalue weighted by atomic mass is 10.2. The first-order valence-electron chi connectivity index (χ1n) is 4.98. The molecule has 0 aliphatic rings. The summed E-state index contributed by atoms with van der Waals surface area (Å²) in [5, 5.41) is 0.717. The Balaban J connectivity index is 2.28. The van der Waals surface area contributed by atoms with Crippen LogP contribution in [0.15, 0.2) is 53.7 Å². The predicted molar refractivity (Wildman–Crippen MR) is 67.6 cm³/mol. The van der Waals surface area contributed by atoms with Gasteiger partial charge in [-0.05, 0) is 43.3 Å². The highest BCUT2D eigenvalue weighted by atomic mass is 35.5. The van der Waals surface area contributed by atoms with Crippen molar-refractivity contribution in [2.24, 2.45) is 4.99 Å². The average Bonchev–Trinajstić information content (AvgIpc) is 2.33. The number of hydrogen-bond donors (Lipinski definition) is 0. The summed E-state index contributed by atoms with van der Waals surface area (Å²) >= 11 is 5.80. The second-order valence-corrected chi connectivity index (χ2v) is 3.83. The van der Waals surface area contributed by atoms with Gasteiger partial charge in [0, 0.05) is 11.2 Å². The van der Waals surface area contributed by atoms with Gasteiger partial charge in [0.2, 0.25) is 0 Å². The van der Waals surface area contributed by atoms with E-state index in [0.717, 1.165) is 22.1 Å². The molecule has 0 amide bonds. The van der Waals surface area contributed by atoms with Gasteiger partial charge in [-0.2, -0.15) is 0 Å². The Hall–Kier alpha value is -1.67. The van der Waals surface area contributed by atoms with Crippen LogP contribution in [0, 0.1) is 0 Å². The van der Waals surface area contributed by atoms with Crippen LogP contribution >= 0.6 is 11.6 Å². The second kappa shape index (κ2) is 4.90. The molecule has 1 aromatic heterocycles. The minimum atomic E-state index is 0.717. The fourth-order valence-corrected chi connectivity index (χ4v) is 1.47. The van der Waals surface area contributed by atoms with Crippen molar-refractivity contribution in [1.82, 2.24) is 4.98 Å². The molecule has 2 nitrogen and oxygen atoms in total. The Morgan fingerprint density at radius 1 is 1.12 bits per heavy atom. The van der Waals surface area contributed by atoms with Crippen molar-refractivity contribution in [3.63, 3.8) is 0 Å². The number of pyridine rings is 1. The highest BCUT2D eigenvalue weighted by Crippen LogP contribution is 2.17. The van der Waals surface area contributed by atoms with Gasteiger partial charge in [-0.25, -0.2) is 0 Å². The Morgan fingerprint density at radius 3 is 2.50 bits per heavy atom. The molecule has 0 aliphatic heterocycles. The number of nitrogens with zero attached hydrogens (tertiary/aromatic N) is 2. The van der Waals surface area contributed by atoms with Crippen molar-refractivity contribution in [3.8, 4) is 0 Å². The third kappa shape index (κ3) is 2.67. The van der Waals surface area contributed by atoms with Crippen LogP contribution in [0.4, 0.5) is 5.69 Å². The fraction of sp³-hybridized carbons (Fsp3) is 0.0769. The first kappa shape index (κ1) is 10.8. The summed E-state index contributed by atoms with van der Waals surface area (Å²) in [6, 6.07) is 13.2. The van der Waals surface area contributed by atoms with Gasteiger partial charge < -0.3 is 0 Å². The quantitative estimate of drug-likeness (QED) is 0.719. The molecule has 16 heavy (non-hydrogen) atoms. The summed E-state index contributed by atoms with van der Waals surface area (Å²) in [5.41, 5.74) is 2.66. The Morgan fingerprint density at radius 2 is 1.88 bits per heavy atom. The van der Waals surface area contributed by atoms with E-state index in [2.05, 4.69) is 9.98 Å². The SMILES string of the molecule is CC(=Nc1ccc(Cl)cc1)c1ccccn1. The molecule has 0 aliphatic carbocycles. The maximum Gasteiger partial charge on any atom is 0.0841 e. The number of rotatable bonds is 2. The van der Waals surface area contributed by atoms with Gasteiger partial charge in [-0.3, -0.25) is 9.98 Å². The molecular formula is C13H11ClN2. The second-order valence-electron chi connectivity index (χ2n) is 3.39. The van der Waals surface area contributed by atoms with Crippen molar-refractivity contribution in [3.05, 3.63) is 59.4 Å². The van der Waals surface area contributed by atoms with Crippen LogP contribution in [0.2, 0.25) is 5.02 Å². The van der Waals surface area contributed by atoms with Crippen LogP contribution < -0.4 is 0 Å². The van der Waals surface area contributed by atoms with Gasteiger partial charge in [0.25, 0.3) is 0 Å². The number of benzene rings is 1. The molecular weight excluding hydrogens is 220 g/mol. The predicted octanol–water partition coefficient (Wildman–Crippen LogP) is 3.88. The molecule has 0 spiro atoms. The summed E-state index contributed by atoms with van der Waals surface area (Å²) in [5.74, 6) is 0. The summed E-state index contributed by atoms with van der Waals surface area (Å²) in [6.45, 7) is 1.94. The van der Waals surface area contributed by atoms with Crippen LogP contribution in [0.1, 0.15) is 12.6 Å². The smallest absolute Gasteiger partial charge is 0.0841 e. The third-order valence-corrected chi connectivity index (χ3v) is 2.41. The van der Waals surface area contributed by atoms with E-state index in [1.54, 1.807) is 6.20 Å². The van der Waals surface area contributed by atoms with Crippen LogP contribution in [-0.4, -0.2) is 10.7 Å². The molecule has 1 aromatic carbocycles. The molecule has 1 heterocycles. The van der Waals surface area contributed by atoms with E-state index >= 15 is 0 Å². The average molecular weight is 231 g/mol. The van der Waals surface area contributed by atoms with E-state index in [-0.39, 0.29) is 0 Å². The molecule has 80 valence electrons. The van der Waals surface area contributed by atoms with Crippen LogP contribution in [0.5, 0.6) is 0 Å². The van der Waals surface area contributed by atoms with Crippen LogP contribution in [0.3, 0.4) is 0 Å². The largest absolute Gasteiger partial charge is 0.255 e. The Kier molecular flexibility index (Phi) is 3.32. The highest BCUT2D eigenvalue weighted by molar-refractivity contribution is 6.30. The molecule has 0 unspecified atom stereocenters. The minimum Gasteiger partial charge on any atom is -0.255 e. The van der Waals surface area contributed by atoms with E-state index in [0.29, 0.717) is 0 Å². The number of aliphatic imine (C=N–C) groups is 1. The maximum atomic E-state index is 5.80. The third-order valence-electron chi connectivity index (χ3n) is 2.16. The van der Waals surface area contributed by atoms with Crippen molar-refractivity contribution in [2.75, 3.05) is 0 Å². The summed E-state index contributed by atoms with van der Waals surface area (Å²) in [7, 11) is 0. The molecule has 0 saturated heterocycles. The monoisotopic (exact) mass is 230 g/mol. The fourth-order valence-electron chi connectivity index (χ4n) is 1.34. The molecule has 2 aromatic rings. The van der Waals surface area contributed by atoms with E-state index < -0.39 is 0 Å². The molecule has 0 N–H and O–H groups in total. The number of hydrogen-bond acceptors (Lipinski definition) is 2. The normalized spacial score (nSPS) is 11.5. The van der Waals surface area contributed by atoms with Crippen molar-refractivity contribution >= 4 is 23.0 Å². The van der Waals surface area contributed by atoms with E-state index in [1.165, 1.54) is 0 Å². The van der Waals surface area contributed by atoms with Gasteiger partial charge in [0.1, 0.15) is 0 Å². The van der Waals surface area contributed by atoms with Crippen molar-refractivity contribution in [2.45, 2.75) is 6.92 Å². The molecule has 2 rings (SSSR count). The van der Waals surface area contributed by atoms with Crippen LogP contribution in [-0.2, 0) is 0 Å². The molecule has 0 bridgehead atoms. The topological polar surface area (TPSA) is 25.2 Å². The molecule has 0 saturated carbocycles. The molecule has 0 atom stereocenters. The molecule has 3 heteroatoms. The maximum absolute atomic E-state index is 5.80. The molecule has 0 fully saturated rings. The summed E-state index contributed by atoms with van der Waals surface area (Å²) < 4.78 is 0. The minimum absolute atomic E-state index is 0.717. The zero-order chi connectivity index (χ0) is 11.4. The Labute approximate surface area is 99.6 Å². The first-order valence-corrected chi connectivity index (χ1v) is 5.36. The van der Waals surface area contributed by atoms with Gasteiger partial charge >= 0.3 is 0 Å². The van der Waals surface area contributed by atoms with Crippen molar-refractivity contribution < 1.29 is 0 Å². The number of halogens is 1. The summed E-state index contributed by atoms with van der Waals surface area (Å²) in [4.78, 5) is 8.70. The van der Waals surface area contributed by atoms with E-state index in [4.69, 9.17) is 11.6 Å². The summed E-state index contributed by atoms with van der Waals surface area (Å²) in [6.07, 6.45) is 1.76. The van der Waals surface area contributed by atoms with Crippen LogP contribution in [0.25, 0.3) is 0 Å². The van der Waals surface area contributed by atoms with Gasteiger partial charge in [-0.15, -0.1) is 0 Å². The lowest BCUT2D eigenvalue weighted by Crippen LogP contribution is -1.96. The highest BCUT2D eigenvalue weighted by Gasteiger charge is 1.97. The van der Waals surface area contributed by atoms with E-state index in [9.17, 15) is 0 Å². The zero-order valence-corrected chi connectivity index (χ0v) is 9.65. The molecule has 0 radical (unpaired) electrons. The Bertz CT molecular complexity index is 489. The first-order chi connectivity index (χ1) is 7.75. The van der Waals surface area contributed by atoms with Gasteiger partial charge in [0.15, 0.2) is 0 Å². The van der Waals surface area contributed by atoms with Gasteiger partial charge in [0.05, 0.1) is 17.1 Å². The zero-order valence-electron chi connectivity index (χ0n) is 8.89. The number of aromatic nitrogens is 1. The standard InChI is InChI=1S/C13H11ClN2/c1-10(13-4-2-3-9-15-13)16-12-7-5-11(14)6-8-12/h2-9H,1H3.